The third-order valence-electron chi connectivity index (χ3n) is 5.87. The zero-order chi connectivity index (χ0) is 23.7. The average Bonchev–Trinajstić information content (AvgIpc) is 3.20. The van der Waals surface area contributed by atoms with Gasteiger partial charge in [-0.25, -0.2) is 4.79 Å². The Balaban J connectivity index is 1.94. The van der Waals surface area contributed by atoms with E-state index < -0.39 is 18.1 Å². The number of rotatable bonds is 6. The molecule has 7 nitrogen and oxygen atoms in total. The lowest BCUT2D eigenvalue weighted by molar-refractivity contribution is -0.154. The number of nitrogens with zero attached hydrogens (tertiary/aromatic N) is 1. The number of methoxy groups -OCH3 is 2. The van der Waals surface area contributed by atoms with Crippen molar-refractivity contribution in [1.29, 1.82) is 0 Å². The minimum atomic E-state index is -0.810. The molecule has 174 valence electrons. The van der Waals surface area contributed by atoms with E-state index in [2.05, 4.69) is 4.98 Å². The molecule has 1 aromatic heterocycles. The molecule has 0 spiro atoms. The van der Waals surface area contributed by atoms with Crippen LogP contribution < -0.4 is 9.47 Å². The number of nitrogens with one attached hydrogen (secondary N) is 1. The van der Waals surface area contributed by atoms with Gasteiger partial charge >= 0.3 is 5.97 Å². The number of aromatic amines is 1. The molecular formula is C25H27ClN2O5. The van der Waals surface area contributed by atoms with Gasteiger partial charge in [-0.05, 0) is 43.2 Å². The molecule has 0 unspecified atom stereocenters. The first-order valence-electron chi connectivity index (χ1n) is 10.8. The van der Waals surface area contributed by atoms with Gasteiger partial charge in [0.2, 0.25) is 5.91 Å². The third-order valence-corrected chi connectivity index (χ3v) is 6.10. The van der Waals surface area contributed by atoms with Crippen molar-refractivity contribution in [3.63, 3.8) is 0 Å². The number of hydrogen-bond donors (Lipinski definition) is 1. The number of ether oxygens (including phenoxy) is 3. The fourth-order valence-corrected chi connectivity index (χ4v) is 4.68. The minimum absolute atomic E-state index is 0.0298. The summed E-state index contributed by atoms with van der Waals surface area (Å²) in [6, 6.07) is 12.0. The lowest BCUT2D eigenvalue weighted by Gasteiger charge is -2.40. The lowest BCUT2D eigenvalue weighted by Crippen LogP contribution is -2.52. The average molecular weight is 471 g/mol. The molecule has 0 aliphatic carbocycles. The standard InChI is InChI=1S/C25H27ClN2O5/c1-14(2)33-20-10-9-15(11-21(20)31-3)24-23-17(16-7-5-6-8-18(16)27-23)12-19(25(30)32-4)28(24)22(29)13-26/h5-11,14,19,24,27H,12-13H2,1-4H3/t19-,24+/m1/s1. The Morgan fingerprint density at radius 3 is 2.58 bits per heavy atom. The van der Waals surface area contributed by atoms with Crippen molar-refractivity contribution in [3.05, 3.63) is 59.3 Å². The summed E-state index contributed by atoms with van der Waals surface area (Å²) in [7, 11) is 2.90. The smallest absolute Gasteiger partial charge is 0.328 e. The Labute approximate surface area is 197 Å². The number of halogens is 1. The number of hydrogen-bond acceptors (Lipinski definition) is 5. The monoisotopic (exact) mass is 470 g/mol. The van der Waals surface area contributed by atoms with Crippen LogP contribution in [-0.2, 0) is 20.7 Å². The van der Waals surface area contributed by atoms with Crippen molar-refractivity contribution in [2.45, 2.75) is 38.5 Å². The van der Waals surface area contributed by atoms with E-state index >= 15 is 0 Å². The van der Waals surface area contributed by atoms with Gasteiger partial charge in [0.1, 0.15) is 11.9 Å². The SMILES string of the molecule is COC(=O)[C@H]1Cc2c([nH]c3ccccc23)[C@H](c2ccc(OC(C)C)c(OC)c2)N1C(=O)CCl. The maximum absolute atomic E-state index is 13.1. The van der Waals surface area contributed by atoms with Gasteiger partial charge in [0.25, 0.3) is 0 Å². The molecule has 1 aliphatic rings. The van der Waals surface area contributed by atoms with Crippen LogP contribution >= 0.6 is 11.6 Å². The molecule has 1 N–H and O–H groups in total. The fraction of sp³-hybridized carbons (Fsp3) is 0.360. The highest BCUT2D eigenvalue weighted by molar-refractivity contribution is 6.27. The van der Waals surface area contributed by atoms with Gasteiger partial charge in [0.05, 0.1) is 26.4 Å². The van der Waals surface area contributed by atoms with E-state index in [4.69, 9.17) is 25.8 Å². The van der Waals surface area contributed by atoms with Crippen molar-refractivity contribution >= 4 is 34.4 Å². The van der Waals surface area contributed by atoms with Crippen LogP contribution in [0.4, 0.5) is 0 Å². The van der Waals surface area contributed by atoms with E-state index in [1.807, 2.05) is 56.3 Å². The number of fused-ring (bicyclic) bond motifs is 3. The maximum atomic E-state index is 13.1. The summed E-state index contributed by atoms with van der Waals surface area (Å²) in [5.74, 6) is 0.0376. The second-order valence-electron chi connectivity index (χ2n) is 8.22. The van der Waals surface area contributed by atoms with Crippen LogP contribution in [0.25, 0.3) is 10.9 Å². The second kappa shape index (κ2) is 9.35. The van der Waals surface area contributed by atoms with E-state index in [1.54, 1.807) is 7.11 Å². The molecule has 0 fully saturated rings. The molecule has 0 radical (unpaired) electrons. The highest BCUT2D eigenvalue weighted by Crippen LogP contribution is 2.43. The predicted molar refractivity (Wildman–Crippen MR) is 126 cm³/mol. The summed E-state index contributed by atoms with van der Waals surface area (Å²) in [5.41, 5.74) is 3.52. The summed E-state index contributed by atoms with van der Waals surface area (Å²) in [4.78, 5) is 30.9. The van der Waals surface area contributed by atoms with E-state index in [1.165, 1.54) is 12.0 Å². The quantitative estimate of drug-likeness (QED) is 0.431. The molecule has 33 heavy (non-hydrogen) atoms. The fourth-order valence-electron chi connectivity index (χ4n) is 4.54. The molecule has 2 aromatic carbocycles. The highest BCUT2D eigenvalue weighted by Gasteiger charge is 2.44. The van der Waals surface area contributed by atoms with Gasteiger partial charge in [-0.2, -0.15) is 0 Å². The summed E-state index contributed by atoms with van der Waals surface area (Å²) in [6.45, 7) is 3.88. The van der Waals surface area contributed by atoms with Crippen LogP contribution in [0, 0.1) is 0 Å². The Hall–Kier alpha value is -3.19. The van der Waals surface area contributed by atoms with Crippen LogP contribution in [0.5, 0.6) is 11.5 Å². The number of esters is 1. The minimum Gasteiger partial charge on any atom is -0.493 e. The van der Waals surface area contributed by atoms with E-state index in [0.29, 0.717) is 17.9 Å². The van der Waals surface area contributed by atoms with Crippen LogP contribution in [-0.4, -0.2) is 54.0 Å². The van der Waals surface area contributed by atoms with Crippen LogP contribution in [0.1, 0.15) is 36.7 Å². The van der Waals surface area contributed by atoms with Crippen LogP contribution in [0.15, 0.2) is 42.5 Å². The molecule has 0 saturated carbocycles. The summed E-state index contributed by atoms with van der Waals surface area (Å²) >= 11 is 6.00. The molecule has 4 rings (SSSR count). The normalized spacial score (nSPS) is 17.7. The molecule has 1 aliphatic heterocycles. The molecule has 1 amide bonds. The molecule has 3 aromatic rings. The largest absolute Gasteiger partial charge is 0.493 e. The summed E-state index contributed by atoms with van der Waals surface area (Å²) in [6.07, 6.45) is 0.300. The Morgan fingerprint density at radius 2 is 1.91 bits per heavy atom. The summed E-state index contributed by atoms with van der Waals surface area (Å²) < 4.78 is 16.5. The number of carbonyl (C=O) groups is 2. The van der Waals surface area contributed by atoms with Crippen LogP contribution in [0.2, 0.25) is 0 Å². The Kier molecular flexibility index (Phi) is 6.51. The third kappa shape index (κ3) is 4.13. The topological polar surface area (TPSA) is 80.9 Å². The molecular weight excluding hydrogens is 444 g/mol. The first kappa shape index (κ1) is 23.0. The number of carbonyl (C=O) groups excluding carboxylic acids is 2. The van der Waals surface area contributed by atoms with Gasteiger partial charge in [0.15, 0.2) is 11.5 Å². The molecule has 8 heteroatoms. The number of para-hydroxylation sites is 1. The van der Waals surface area contributed by atoms with Crippen molar-refractivity contribution in [3.8, 4) is 11.5 Å². The number of H-pyrrole nitrogens is 1. The van der Waals surface area contributed by atoms with E-state index in [0.717, 1.165) is 27.7 Å². The first-order valence-corrected chi connectivity index (χ1v) is 11.3. The molecule has 0 saturated heterocycles. The Morgan fingerprint density at radius 1 is 1.15 bits per heavy atom. The van der Waals surface area contributed by atoms with E-state index in [9.17, 15) is 9.59 Å². The van der Waals surface area contributed by atoms with Gasteiger partial charge in [-0.3, -0.25) is 4.79 Å². The van der Waals surface area contributed by atoms with Crippen molar-refractivity contribution in [2.24, 2.45) is 0 Å². The number of benzene rings is 2. The number of amides is 1. The predicted octanol–water partition coefficient (Wildman–Crippen LogP) is 4.22. The lowest BCUT2D eigenvalue weighted by atomic mass is 9.87. The zero-order valence-corrected chi connectivity index (χ0v) is 19.8. The number of alkyl halides is 1. The first-order chi connectivity index (χ1) is 15.9. The maximum Gasteiger partial charge on any atom is 0.328 e. The number of aromatic nitrogens is 1. The van der Waals surface area contributed by atoms with Crippen molar-refractivity contribution < 1.29 is 23.8 Å². The zero-order valence-electron chi connectivity index (χ0n) is 19.1. The van der Waals surface area contributed by atoms with Crippen molar-refractivity contribution in [1.82, 2.24) is 9.88 Å². The van der Waals surface area contributed by atoms with Gasteiger partial charge in [-0.1, -0.05) is 24.3 Å². The van der Waals surface area contributed by atoms with Crippen molar-refractivity contribution in [2.75, 3.05) is 20.1 Å². The summed E-state index contributed by atoms with van der Waals surface area (Å²) in [5, 5.41) is 1.01. The van der Waals surface area contributed by atoms with E-state index in [-0.39, 0.29) is 17.9 Å². The van der Waals surface area contributed by atoms with Gasteiger partial charge in [0, 0.05) is 23.0 Å². The van der Waals surface area contributed by atoms with Crippen LogP contribution in [0.3, 0.4) is 0 Å². The molecule has 2 heterocycles. The molecule has 0 bridgehead atoms. The second-order valence-corrected chi connectivity index (χ2v) is 8.49. The van der Waals surface area contributed by atoms with Gasteiger partial charge < -0.3 is 24.1 Å². The Bertz CT molecular complexity index is 1190. The van der Waals surface area contributed by atoms with Gasteiger partial charge in [-0.15, -0.1) is 11.6 Å². The highest BCUT2D eigenvalue weighted by atomic mass is 35.5. The molecule has 2 atom stereocenters.